The lowest BCUT2D eigenvalue weighted by Gasteiger charge is -2.21. The predicted molar refractivity (Wildman–Crippen MR) is 79.2 cm³/mol. The molecule has 1 fully saturated rings. The van der Waals surface area contributed by atoms with E-state index in [9.17, 15) is 9.59 Å². The van der Waals surface area contributed by atoms with Gasteiger partial charge in [0, 0.05) is 12.6 Å². The highest BCUT2D eigenvalue weighted by molar-refractivity contribution is 5.95. The molecular weight excluding hydrogens is 288 g/mol. The van der Waals surface area contributed by atoms with Crippen LogP contribution in [0, 0.1) is 0 Å². The molecule has 0 saturated heterocycles. The van der Waals surface area contributed by atoms with Crippen LogP contribution in [0.15, 0.2) is 17.3 Å². The number of ether oxygens (including phenoxy) is 2. The molecule has 0 unspecified atom stereocenters. The van der Waals surface area contributed by atoms with Crippen molar-refractivity contribution in [2.24, 2.45) is 5.10 Å². The van der Waals surface area contributed by atoms with Gasteiger partial charge in [-0.2, -0.15) is 0 Å². The van der Waals surface area contributed by atoms with Gasteiger partial charge in [-0.1, -0.05) is 13.0 Å². The van der Waals surface area contributed by atoms with Crippen molar-refractivity contribution in [1.29, 1.82) is 0 Å². The Labute approximate surface area is 129 Å². The number of likely N-dealkylation sites (N-methyl/N-ethyl adjacent to an activating group) is 1. The zero-order valence-electron chi connectivity index (χ0n) is 12.8. The number of carbonyl (C=O) groups excluding carboxylic acids is 2. The van der Waals surface area contributed by atoms with E-state index in [0.717, 1.165) is 25.7 Å². The molecule has 0 atom stereocenters. The number of hydrogen-bond donors (Lipinski definition) is 2. The fraction of sp³-hybridized carbons (Fsp3) is 0.643. The van der Waals surface area contributed by atoms with E-state index in [4.69, 9.17) is 9.47 Å². The molecule has 1 aliphatic carbocycles. The smallest absolute Gasteiger partial charge is 0.334 e. The molecule has 2 N–H and O–H groups in total. The van der Waals surface area contributed by atoms with Crippen molar-refractivity contribution in [3.05, 3.63) is 12.2 Å². The molecule has 2 rings (SSSR count). The third-order valence-corrected chi connectivity index (χ3v) is 3.62. The maximum absolute atomic E-state index is 11.8. The van der Waals surface area contributed by atoms with Crippen LogP contribution in [0.4, 0.5) is 0 Å². The number of amidine groups is 1. The van der Waals surface area contributed by atoms with Gasteiger partial charge in [0.1, 0.15) is 6.10 Å². The molecule has 0 aromatic heterocycles. The Bertz CT molecular complexity index is 471. The topological polar surface area (TPSA) is 92.3 Å². The number of hydrazine groups is 2. The Morgan fingerprint density at radius 1 is 1.36 bits per heavy atom. The molecule has 0 amide bonds. The molecule has 0 bridgehead atoms. The van der Waals surface area contributed by atoms with Crippen LogP contribution in [0.2, 0.25) is 0 Å². The summed E-state index contributed by atoms with van der Waals surface area (Å²) in [6.07, 6.45) is 4.98. The summed E-state index contributed by atoms with van der Waals surface area (Å²) in [7, 11) is 1.73. The van der Waals surface area contributed by atoms with E-state index >= 15 is 0 Å². The minimum Gasteiger partial charge on any atom is -0.462 e. The lowest BCUT2D eigenvalue weighted by atomic mass is 9.98. The number of hydrogen-bond acceptors (Lipinski definition) is 8. The summed E-state index contributed by atoms with van der Waals surface area (Å²) in [5.41, 5.74) is 5.31. The average molecular weight is 310 g/mol. The molecule has 0 radical (unpaired) electrons. The van der Waals surface area contributed by atoms with Crippen LogP contribution in [-0.4, -0.2) is 42.5 Å². The Morgan fingerprint density at radius 2 is 2.09 bits per heavy atom. The first-order valence-corrected chi connectivity index (χ1v) is 7.41. The van der Waals surface area contributed by atoms with Crippen LogP contribution in [-0.2, 0) is 19.1 Å². The van der Waals surface area contributed by atoms with E-state index in [-0.39, 0.29) is 24.7 Å². The molecule has 1 aliphatic heterocycles. The summed E-state index contributed by atoms with van der Waals surface area (Å²) in [5, 5.41) is 5.45. The van der Waals surface area contributed by atoms with Gasteiger partial charge in [-0.25, -0.2) is 10.3 Å². The van der Waals surface area contributed by atoms with Gasteiger partial charge in [0.15, 0.2) is 12.4 Å². The summed E-state index contributed by atoms with van der Waals surface area (Å²) in [5.74, 6) is -0.526. The fourth-order valence-corrected chi connectivity index (χ4v) is 2.32. The first kappa shape index (κ1) is 16.3. The highest BCUT2D eigenvalue weighted by Crippen LogP contribution is 2.21. The maximum atomic E-state index is 11.8. The van der Waals surface area contributed by atoms with E-state index < -0.39 is 11.9 Å². The van der Waals surface area contributed by atoms with Crippen molar-refractivity contribution < 1.29 is 19.1 Å². The van der Waals surface area contributed by atoms with E-state index in [1.807, 2.05) is 0 Å². The first-order chi connectivity index (χ1) is 10.6. The average Bonchev–Trinajstić information content (AvgIpc) is 2.91. The second kappa shape index (κ2) is 7.79. The summed E-state index contributed by atoms with van der Waals surface area (Å²) in [6.45, 7) is 3.58. The highest BCUT2D eigenvalue weighted by Gasteiger charge is 2.21. The number of carbonyl (C=O) groups is 2. The van der Waals surface area contributed by atoms with Crippen LogP contribution >= 0.6 is 0 Å². The third kappa shape index (κ3) is 4.73. The summed E-state index contributed by atoms with van der Waals surface area (Å²) in [4.78, 5) is 23.6. The Kier molecular flexibility index (Phi) is 5.76. The number of hydrazone groups is 1. The van der Waals surface area contributed by atoms with Gasteiger partial charge in [0.25, 0.3) is 0 Å². The number of nitrogens with zero attached hydrogens (tertiary/aromatic N) is 2. The van der Waals surface area contributed by atoms with Crippen molar-refractivity contribution in [3.8, 4) is 0 Å². The van der Waals surface area contributed by atoms with Crippen LogP contribution in [0.5, 0.6) is 0 Å². The first-order valence-electron chi connectivity index (χ1n) is 7.41. The molecule has 0 spiro atoms. The monoisotopic (exact) mass is 310 g/mol. The van der Waals surface area contributed by atoms with Gasteiger partial charge in [0.05, 0.1) is 6.42 Å². The molecule has 0 aromatic carbocycles. The predicted octanol–water partition coefficient (Wildman–Crippen LogP) is 0.620. The Morgan fingerprint density at radius 3 is 2.73 bits per heavy atom. The minimum absolute atomic E-state index is 0.00791. The molecule has 0 aromatic rings. The van der Waals surface area contributed by atoms with E-state index in [1.54, 1.807) is 12.1 Å². The SMILES string of the molecule is C=C(CC(=O)OC1CCCCC1)C(=O)OCC1=NNNN1C. The quantitative estimate of drug-likeness (QED) is 0.549. The largest absolute Gasteiger partial charge is 0.462 e. The van der Waals surface area contributed by atoms with E-state index in [1.165, 1.54) is 6.42 Å². The third-order valence-electron chi connectivity index (χ3n) is 3.62. The summed E-state index contributed by atoms with van der Waals surface area (Å²) >= 11 is 0. The van der Waals surface area contributed by atoms with Crippen molar-refractivity contribution in [2.75, 3.05) is 13.7 Å². The lowest BCUT2D eigenvalue weighted by molar-refractivity contribution is -0.151. The lowest BCUT2D eigenvalue weighted by Crippen LogP contribution is -2.39. The fourth-order valence-electron chi connectivity index (χ4n) is 2.32. The molecule has 1 saturated carbocycles. The Balaban J connectivity index is 1.69. The normalized spacial score (nSPS) is 18.4. The number of rotatable bonds is 6. The minimum atomic E-state index is -0.622. The molecule has 122 valence electrons. The second-order valence-electron chi connectivity index (χ2n) is 5.42. The van der Waals surface area contributed by atoms with Crippen LogP contribution < -0.4 is 11.1 Å². The summed E-state index contributed by atoms with van der Waals surface area (Å²) < 4.78 is 10.4. The van der Waals surface area contributed by atoms with Gasteiger partial charge in [-0.15, -0.1) is 10.6 Å². The highest BCUT2D eigenvalue weighted by atomic mass is 16.5. The van der Waals surface area contributed by atoms with E-state index in [0.29, 0.717) is 5.84 Å². The van der Waals surface area contributed by atoms with Gasteiger partial charge in [-0.05, 0) is 25.7 Å². The molecule has 1 heterocycles. The molecule has 8 heteroatoms. The summed E-state index contributed by atoms with van der Waals surface area (Å²) in [6, 6.07) is 0. The van der Waals surface area contributed by atoms with Crippen molar-refractivity contribution >= 4 is 17.8 Å². The van der Waals surface area contributed by atoms with Crippen LogP contribution in [0.25, 0.3) is 0 Å². The standard InChI is InChI=1S/C14H22N4O4/c1-10(8-13(19)22-11-6-4-3-5-7-11)14(20)21-9-12-15-16-17-18(12)2/h11,16-17H,1,3-9H2,2H3. The maximum Gasteiger partial charge on any atom is 0.334 e. The molecule has 8 nitrogen and oxygen atoms in total. The molecule has 2 aliphatic rings. The Hall–Kier alpha value is -2.09. The van der Waals surface area contributed by atoms with E-state index in [2.05, 4.69) is 22.7 Å². The van der Waals surface area contributed by atoms with Gasteiger partial charge >= 0.3 is 11.9 Å². The van der Waals surface area contributed by atoms with Crippen molar-refractivity contribution in [1.82, 2.24) is 16.1 Å². The zero-order chi connectivity index (χ0) is 15.9. The zero-order valence-corrected chi connectivity index (χ0v) is 12.8. The van der Waals surface area contributed by atoms with Crippen LogP contribution in [0.1, 0.15) is 38.5 Å². The van der Waals surface area contributed by atoms with Gasteiger partial charge < -0.3 is 9.47 Å². The molecule has 22 heavy (non-hydrogen) atoms. The second-order valence-corrected chi connectivity index (χ2v) is 5.42. The van der Waals surface area contributed by atoms with Crippen molar-refractivity contribution in [3.63, 3.8) is 0 Å². The van der Waals surface area contributed by atoms with Gasteiger partial charge in [0.2, 0.25) is 0 Å². The van der Waals surface area contributed by atoms with Gasteiger partial charge in [-0.3, -0.25) is 9.80 Å². The number of nitrogens with one attached hydrogen (secondary N) is 2. The molecular formula is C14H22N4O4. The number of esters is 2. The van der Waals surface area contributed by atoms with Crippen LogP contribution in [0.3, 0.4) is 0 Å². The van der Waals surface area contributed by atoms with Crippen molar-refractivity contribution in [2.45, 2.75) is 44.6 Å².